The molecule has 0 unspecified atom stereocenters. The third-order valence-electron chi connectivity index (χ3n) is 9.03. The van der Waals surface area contributed by atoms with Crippen molar-refractivity contribution < 1.29 is 28.6 Å². The Bertz CT molecular complexity index is 1390. The molecule has 206 valence electrons. The molecule has 1 N–H and O–H groups in total. The molecule has 8 heteroatoms. The lowest BCUT2D eigenvalue weighted by atomic mass is 9.53. The average molecular weight is 548 g/mol. The molecule has 0 amide bonds. The van der Waals surface area contributed by atoms with E-state index in [2.05, 4.69) is 58.0 Å². The van der Waals surface area contributed by atoms with Crippen LogP contribution in [0, 0.1) is 5.92 Å². The van der Waals surface area contributed by atoms with Crippen molar-refractivity contribution in [2.75, 3.05) is 13.6 Å². The lowest BCUT2D eigenvalue weighted by Crippen LogP contribution is -2.65. The van der Waals surface area contributed by atoms with Crippen LogP contribution in [0.5, 0.6) is 11.5 Å². The zero-order valence-electron chi connectivity index (χ0n) is 23.5. The predicted octanol–water partition coefficient (Wildman–Crippen LogP) is 4.72. The minimum absolute atomic E-state index is 0.0482. The molecule has 2 aliphatic heterocycles. The Morgan fingerprint density at radius 1 is 1.15 bits per heavy atom. The molecule has 0 aromatic heterocycles. The lowest BCUT2D eigenvalue weighted by Gasteiger charge is -2.56. The maximum atomic E-state index is 13.4. The first-order valence-corrected chi connectivity index (χ1v) is 16.7. The highest BCUT2D eigenvalue weighted by molar-refractivity contribution is 6.49. The molecule has 7 nitrogen and oxygen atoms in total. The summed E-state index contributed by atoms with van der Waals surface area (Å²) in [4.78, 5) is 27.6. The van der Waals surface area contributed by atoms with Crippen LogP contribution in [-0.2, 0) is 22.0 Å². The summed E-state index contributed by atoms with van der Waals surface area (Å²) < 4.78 is 19.6. The number of hydrogen-bond donors (Lipinski definition) is 1. The topological polar surface area (TPSA) is 85.3 Å². The number of likely N-dealkylation sites (tertiary alicyclic amines) is 1. The van der Waals surface area contributed by atoms with Crippen molar-refractivity contribution in [2.45, 2.75) is 75.8 Å². The summed E-state index contributed by atoms with van der Waals surface area (Å²) in [5.74, 6) is 0.320. The molecule has 5 atom stereocenters. The van der Waals surface area contributed by atoms with Gasteiger partial charge in [0.05, 0.1) is 11.1 Å². The fourth-order valence-corrected chi connectivity index (χ4v) is 8.06. The van der Waals surface area contributed by atoms with Crippen molar-refractivity contribution >= 4 is 21.0 Å². The van der Waals surface area contributed by atoms with Crippen LogP contribution < -0.4 is 9.16 Å². The fraction of sp³-hybridized carbons (Fsp3) is 0.484. The van der Waals surface area contributed by atoms with Crippen molar-refractivity contribution in [2.24, 2.45) is 5.92 Å². The molecule has 6 rings (SSSR count). The monoisotopic (exact) mass is 547 g/mol. The highest BCUT2D eigenvalue weighted by atomic mass is 28.3. The van der Waals surface area contributed by atoms with Crippen molar-refractivity contribution in [3.05, 3.63) is 70.3 Å². The van der Waals surface area contributed by atoms with Gasteiger partial charge in [0.25, 0.3) is 0 Å². The first kappa shape index (κ1) is 26.1. The molecule has 1 fully saturated rings. The second-order valence-corrected chi connectivity index (χ2v) is 15.1. The van der Waals surface area contributed by atoms with Gasteiger partial charge in [0, 0.05) is 34.1 Å². The summed E-state index contributed by atoms with van der Waals surface area (Å²) in [5, 5.41) is 9.64. The van der Waals surface area contributed by atoms with Gasteiger partial charge in [0.2, 0.25) is 9.04 Å². The number of carbonyl (C=O) groups is 2. The van der Waals surface area contributed by atoms with Gasteiger partial charge in [-0.05, 0) is 69.2 Å². The summed E-state index contributed by atoms with van der Waals surface area (Å²) in [5.41, 5.74) is 3.07. The van der Waals surface area contributed by atoms with Gasteiger partial charge in [-0.1, -0.05) is 39.0 Å². The zero-order valence-corrected chi connectivity index (χ0v) is 24.6. The third kappa shape index (κ3) is 3.86. The van der Waals surface area contributed by atoms with E-state index in [1.807, 2.05) is 6.08 Å². The number of esters is 1. The van der Waals surface area contributed by atoms with E-state index in [0.717, 1.165) is 36.4 Å². The Labute approximate surface area is 231 Å². The summed E-state index contributed by atoms with van der Waals surface area (Å²) >= 11 is 0. The number of piperidine rings is 1. The second kappa shape index (κ2) is 8.96. The van der Waals surface area contributed by atoms with Crippen LogP contribution in [0.2, 0.25) is 13.1 Å². The van der Waals surface area contributed by atoms with Gasteiger partial charge in [0.15, 0.2) is 6.10 Å². The summed E-state index contributed by atoms with van der Waals surface area (Å²) in [6.07, 6.45) is 4.92. The number of carbonyl (C=O) groups excluding carboxylic acids is 1. The maximum absolute atomic E-state index is 13.4. The van der Waals surface area contributed by atoms with Crippen LogP contribution >= 0.6 is 0 Å². The van der Waals surface area contributed by atoms with Crippen molar-refractivity contribution in [1.82, 2.24) is 4.90 Å². The van der Waals surface area contributed by atoms with Gasteiger partial charge in [-0.2, -0.15) is 0 Å². The number of carboxylic acid groups (broad SMARTS) is 1. The molecule has 2 heterocycles. The SMILES string of the molecule is CN1CC[C@]23c4c5c(O[SiH](C)C)cc(C(C)(C)C)c4O[C@H]2[C@@H](OC(=O)c2ccccc2C(=O)O)C=C[C@H]3[C@H]1C5. The van der Waals surface area contributed by atoms with Crippen molar-refractivity contribution in [1.29, 1.82) is 0 Å². The van der Waals surface area contributed by atoms with Gasteiger partial charge in [-0.3, -0.25) is 0 Å². The maximum Gasteiger partial charge on any atom is 0.339 e. The summed E-state index contributed by atoms with van der Waals surface area (Å²) in [6.45, 7) is 11.9. The molecule has 2 aliphatic carbocycles. The molecule has 1 spiro atoms. The average Bonchev–Trinajstić information content (AvgIpc) is 3.21. The molecule has 2 aromatic rings. The van der Waals surface area contributed by atoms with E-state index in [0.29, 0.717) is 6.04 Å². The summed E-state index contributed by atoms with van der Waals surface area (Å²) in [6, 6.07) is 8.68. The first-order chi connectivity index (χ1) is 18.4. The zero-order chi connectivity index (χ0) is 27.9. The molecule has 1 saturated heterocycles. The molecular weight excluding hydrogens is 510 g/mol. The van der Waals surface area contributed by atoms with E-state index in [-0.39, 0.29) is 27.9 Å². The number of ether oxygens (including phenoxy) is 2. The number of likely N-dealkylation sites (N-methyl/N-ethyl adjacent to an activating group) is 1. The van der Waals surface area contributed by atoms with Gasteiger partial charge in [-0.25, -0.2) is 9.59 Å². The Hall–Kier alpha value is -3.10. The van der Waals surface area contributed by atoms with Crippen LogP contribution in [0.15, 0.2) is 42.5 Å². The molecule has 4 aliphatic rings. The smallest absolute Gasteiger partial charge is 0.339 e. The van der Waals surface area contributed by atoms with Crippen LogP contribution in [-0.4, -0.2) is 62.8 Å². The Kier molecular flexibility index (Phi) is 6.00. The van der Waals surface area contributed by atoms with E-state index in [1.165, 1.54) is 23.3 Å². The summed E-state index contributed by atoms with van der Waals surface area (Å²) in [7, 11) is 0.816. The minimum Gasteiger partial charge on any atom is -0.547 e. The fourth-order valence-electron chi connectivity index (χ4n) is 7.34. The number of rotatable bonds is 5. The van der Waals surface area contributed by atoms with Crippen molar-refractivity contribution in [3.8, 4) is 11.5 Å². The second-order valence-electron chi connectivity index (χ2n) is 12.7. The highest BCUT2D eigenvalue weighted by Gasteiger charge is 2.65. The van der Waals surface area contributed by atoms with Crippen LogP contribution in [0.4, 0.5) is 0 Å². The van der Waals surface area contributed by atoms with E-state index < -0.39 is 33.2 Å². The predicted molar refractivity (Wildman–Crippen MR) is 151 cm³/mol. The number of benzene rings is 2. The molecule has 39 heavy (non-hydrogen) atoms. The molecule has 2 aromatic carbocycles. The van der Waals surface area contributed by atoms with E-state index in [9.17, 15) is 14.7 Å². The number of aromatic carboxylic acids is 1. The van der Waals surface area contributed by atoms with E-state index in [4.69, 9.17) is 13.9 Å². The van der Waals surface area contributed by atoms with Crippen LogP contribution in [0.25, 0.3) is 0 Å². The molecular formula is C31H37NO6Si. The first-order valence-electron chi connectivity index (χ1n) is 13.9. The van der Waals surface area contributed by atoms with Gasteiger partial charge >= 0.3 is 11.9 Å². The Morgan fingerprint density at radius 3 is 2.54 bits per heavy atom. The molecule has 0 saturated carbocycles. The van der Waals surface area contributed by atoms with Gasteiger partial charge in [0.1, 0.15) is 17.6 Å². The number of carboxylic acids is 1. The quantitative estimate of drug-likeness (QED) is 0.330. The molecule has 2 bridgehead atoms. The number of hydrogen-bond acceptors (Lipinski definition) is 6. The van der Waals surface area contributed by atoms with Crippen LogP contribution in [0.1, 0.15) is 64.6 Å². The van der Waals surface area contributed by atoms with Crippen LogP contribution in [0.3, 0.4) is 0 Å². The normalized spacial score (nSPS) is 28.6. The minimum atomic E-state index is -1.38. The van der Waals surface area contributed by atoms with E-state index >= 15 is 0 Å². The standard InChI is InChI=1S/C31H37NO6Si/c1-30(2,3)21-16-24(38-39(5)6)19-15-22-20-11-12-23(36-29(35)18-10-8-7-9-17(18)28(33)34)27-31(20,13-14-32(22)4)25(19)26(21)37-27/h7-12,16,20,22-23,27,39H,13-15H2,1-6H3,(H,33,34)/t20-,22+,23-,27-,31-/m0/s1. The van der Waals surface area contributed by atoms with Gasteiger partial charge < -0.3 is 23.9 Å². The van der Waals surface area contributed by atoms with Gasteiger partial charge in [-0.15, -0.1) is 0 Å². The lowest BCUT2D eigenvalue weighted by molar-refractivity contribution is -0.0556. The third-order valence-corrected chi connectivity index (χ3v) is 9.75. The largest absolute Gasteiger partial charge is 0.547 e. The Balaban J connectivity index is 1.49. The number of nitrogens with zero attached hydrogens (tertiary/aromatic N) is 1. The van der Waals surface area contributed by atoms with E-state index in [1.54, 1.807) is 12.1 Å². The highest BCUT2D eigenvalue weighted by Crippen LogP contribution is 2.64. The molecule has 0 radical (unpaired) electrons. The van der Waals surface area contributed by atoms with Crippen molar-refractivity contribution in [3.63, 3.8) is 0 Å². The Morgan fingerprint density at radius 2 is 1.87 bits per heavy atom.